The number of carbonyl (C=O) groups excluding carboxylic acids is 3. The van der Waals surface area contributed by atoms with E-state index < -0.39 is 6.04 Å². The minimum Gasteiger partial charge on any atom is -0.497 e. The summed E-state index contributed by atoms with van der Waals surface area (Å²) < 4.78 is 5.15. The van der Waals surface area contributed by atoms with Crippen LogP contribution < -0.4 is 15.0 Å². The van der Waals surface area contributed by atoms with E-state index in [0.29, 0.717) is 37.5 Å². The Morgan fingerprint density at radius 1 is 0.969 bits per heavy atom. The van der Waals surface area contributed by atoms with Gasteiger partial charge >= 0.3 is 0 Å². The fraction of sp³-hybridized carbons (Fsp3) is 0.375. The molecule has 0 spiro atoms. The van der Waals surface area contributed by atoms with E-state index in [9.17, 15) is 14.4 Å². The Balaban J connectivity index is 1.40. The lowest BCUT2D eigenvalue weighted by molar-refractivity contribution is -0.138. The average Bonchev–Trinajstić information content (AvgIpc) is 2.85. The standard InChI is InChI=1S/C24H28N4O4/c1-32-20-9-7-18(8-10-20)24(31)28-12-11-25-23(30)21(28)17-22(29)27-15-13-26(14-16-27)19-5-3-2-4-6-19/h2-10,21H,11-17H2,1H3,(H,25,30)/t21-/m1/s1. The van der Waals surface area contributed by atoms with E-state index in [0.717, 1.165) is 18.8 Å². The molecule has 2 heterocycles. The highest BCUT2D eigenvalue weighted by atomic mass is 16.5. The second-order valence-corrected chi connectivity index (χ2v) is 7.94. The van der Waals surface area contributed by atoms with Gasteiger partial charge in [-0.15, -0.1) is 0 Å². The Morgan fingerprint density at radius 2 is 1.66 bits per heavy atom. The molecule has 32 heavy (non-hydrogen) atoms. The van der Waals surface area contributed by atoms with Gasteiger partial charge in [-0.05, 0) is 36.4 Å². The van der Waals surface area contributed by atoms with Crippen molar-refractivity contribution in [3.05, 3.63) is 60.2 Å². The molecule has 8 heteroatoms. The zero-order chi connectivity index (χ0) is 22.5. The molecule has 0 saturated carbocycles. The van der Waals surface area contributed by atoms with E-state index in [1.165, 1.54) is 4.90 Å². The fourth-order valence-corrected chi connectivity index (χ4v) is 4.21. The van der Waals surface area contributed by atoms with Crippen molar-refractivity contribution in [3.63, 3.8) is 0 Å². The fourth-order valence-electron chi connectivity index (χ4n) is 4.21. The van der Waals surface area contributed by atoms with Crippen molar-refractivity contribution in [1.82, 2.24) is 15.1 Å². The topological polar surface area (TPSA) is 82.2 Å². The number of nitrogens with zero attached hydrogens (tertiary/aromatic N) is 3. The predicted molar refractivity (Wildman–Crippen MR) is 121 cm³/mol. The van der Waals surface area contributed by atoms with Crippen LogP contribution in [0.1, 0.15) is 16.8 Å². The van der Waals surface area contributed by atoms with Crippen LogP contribution in [0.25, 0.3) is 0 Å². The van der Waals surface area contributed by atoms with E-state index in [4.69, 9.17) is 4.74 Å². The van der Waals surface area contributed by atoms with E-state index in [-0.39, 0.29) is 24.1 Å². The van der Waals surface area contributed by atoms with Crippen molar-refractivity contribution in [1.29, 1.82) is 0 Å². The molecular formula is C24H28N4O4. The van der Waals surface area contributed by atoms with E-state index in [1.54, 1.807) is 36.3 Å². The number of hydrogen-bond acceptors (Lipinski definition) is 5. The first-order chi connectivity index (χ1) is 15.6. The number of para-hydroxylation sites is 1. The van der Waals surface area contributed by atoms with Crippen LogP contribution in [0.4, 0.5) is 5.69 Å². The van der Waals surface area contributed by atoms with Crippen LogP contribution in [0, 0.1) is 0 Å². The highest BCUT2D eigenvalue weighted by molar-refractivity contribution is 5.99. The third-order valence-corrected chi connectivity index (χ3v) is 6.05. The third-order valence-electron chi connectivity index (χ3n) is 6.05. The number of methoxy groups -OCH3 is 1. The van der Waals surface area contributed by atoms with Crippen molar-refractivity contribution in [2.24, 2.45) is 0 Å². The summed E-state index contributed by atoms with van der Waals surface area (Å²) in [4.78, 5) is 44.2. The lowest BCUT2D eigenvalue weighted by Gasteiger charge is -2.39. The molecule has 2 fully saturated rings. The summed E-state index contributed by atoms with van der Waals surface area (Å²) in [7, 11) is 1.56. The maximum atomic E-state index is 13.1. The molecule has 2 saturated heterocycles. The Kier molecular flexibility index (Phi) is 6.58. The van der Waals surface area contributed by atoms with Gasteiger partial charge in [-0.3, -0.25) is 14.4 Å². The number of nitrogens with one attached hydrogen (secondary N) is 1. The number of anilines is 1. The maximum Gasteiger partial charge on any atom is 0.254 e. The summed E-state index contributed by atoms with van der Waals surface area (Å²) >= 11 is 0. The molecule has 2 aromatic carbocycles. The molecule has 2 aliphatic rings. The molecule has 0 unspecified atom stereocenters. The largest absolute Gasteiger partial charge is 0.497 e. The summed E-state index contributed by atoms with van der Waals surface area (Å²) in [6, 6.07) is 16.1. The Morgan fingerprint density at radius 3 is 2.31 bits per heavy atom. The second-order valence-electron chi connectivity index (χ2n) is 7.94. The Bertz CT molecular complexity index is 956. The molecule has 168 valence electrons. The van der Waals surface area contributed by atoms with Crippen LogP contribution in [0.5, 0.6) is 5.75 Å². The Hall–Kier alpha value is -3.55. The van der Waals surface area contributed by atoms with Crippen molar-refractivity contribution in [3.8, 4) is 5.75 Å². The SMILES string of the molecule is COc1ccc(C(=O)N2CCNC(=O)[C@H]2CC(=O)N2CCN(c3ccccc3)CC2)cc1. The molecule has 1 atom stereocenters. The molecule has 2 aromatic rings. The zero-order valence-electron chi connectivity index (χ0n) is 18.2. The monoisotopic (exact) mass is 436 g/mol. The van der Waals surface area contributed by atoms with Gasteiger partial charge in [-0.1, -0.05) is 18.2 Å². The normalized spacial score (nSPS) is 18.8. The second kappa shape index (κ2) is 9.72. The van der Waals surface area contributed by atoms with Gasteiger partial charge in [0.15, 0.2) is 0 Å². The highest BCUT2D eigenvalue weighted by Gasteiger charge is 2.36. The van der Waals surface area contributed by atoms with Crippen LogP contribution in [-0.4, -0.2) is 79.9 Å². The number of hydrogen-bond donors (Lipinski definition) is 1. The molecule has 0 bridgehead atoms. The number of benzene rings is 2. The zero-order valence-corrected chi connectivity index (χ0v) is 18.2. The number of ether oxygens (including phenoxy) is 1. The average molecular weight is 437 g/mol. The molecule has 0 aromatic heterocycles. The predicted octanol–water partition coefficient (Wildman–Crippen LogP) is 1.37. The highest BCUT2D eigenvalue weighted by Crippen LogP contribution is 2.20. The summed E-state index contributed by atoms with van der Waals surface area (Å²) in [6.45, 7) is 3.41. The third kappa shape index (κ3) is 4.69. The van der Waals surface area contributed by atoms with Crippen molar-refractivity contribution < 1.29 is 19.1 Å². The number of piperazine rings is 2. The summed E-state index contributed by atoms with van der Waals surface area (Å²) in [5.41, 5.74) is 1.61. The first-order valence-corrected chi connectivity index (χ1v) is 10.9. The van der Waals surface area contributed by atoms with Crippen LogP contribution in [-0.2, 0) is 9.59 Å². The van der Waals surface area contributed by atoms with Gasteiger partial charge < -0.3 is 24.8 Å². The smallest absolute Gasteiger partial charge is 0.254 e. The van der Waals surface area contributed by atoms with Crippen LogP contribution in [0.3, 0.4) is 0 Å². The molecule has 2 aliphatic heterocycles. The number of carbonyl (C=O) groups is 3. The summed E-state index contributed by atoms with van der Waals surface area (Å²) in [6.07, 6.45) is -0.0148. The van der Waals surface area contributed by atoms with Crippen molar-refractivity contribution in [2.45, 2.75) is 12.5 Å². The summed E-state index contributed by atoms with van der Waals surface area (Å²) in [5, 5.41) is 2.79. The minimum atomic E-state index is -0.807. The van der Waals surface area contributed by atoms with Gasteiger partial charge in [-0.2, -0.15) is 0 Å². The molecule has 0 radical (unpaired) electrons. The van der Waals surface area contributed by atoms with Gasteiger partial charge in [0.25, 0.3) is 5.91 Å². The van der Waals surface area contributed by atoms with Gasteiger partial charge in [0, 0.05) is 50.5 Å². The van der Waals surface area contributed by atoms with Crippen molar-refractivity contribution in [2.75, 3.05) is 51.3 Å². The van der Waals surface area contributed by atoms with Gasteiger partial charge in [0.2, 0.25) is 11.8 Å². The van der Waals surface area contributed by atoms with Crippen LogP contribution >= 0.6 is 0 Å². The Labute approximate surface area is 187 Å². The van der Waals surface area contributed by atoms with Gasteiger partial charge in [-0.25, -0.2) is 0 Å². The number of rotatable bonds is 5. The first kappa shape index (κ1) is 21.7. The number of amides is 3. The molecule has 1 N–H and O–H groups in total. The first-order valence-electron chi connectivity index (χ1n) is 10.9. The lowest BCUT2D eigenvalue weighted by atomic mass is 10.0. The molecule has 0 aliphatic carbocycles. The van der Waals surface area contributed by atoms with E-state index in [1.807, 2.05) is 18.2 Å². The van der Waals surface area contributed by atoms with Crippen LogP contribution in [0.2, 0.25) is 0 Å². The molecule has 8 nitrogen and oxygen atoms in total. The minimum absolute atomic E-state index is 0.0148. The van der Waals surface area contributed by atoms with Crippen molar-refractivity contribution >= 4 is 23.4 Å². The maximum absolute atomic E-state index is 13.1. The molecule has 4 rings (SSSR count). The van der Waals surface area contributed by atoms with Gasteiger partial charge in [0.1, 0.15) is 11.8 Å². The van der Waals surface area contributed by atoms with Crippen LogP contribution in [0.15, 0.2) is 54.6 Å². The summed E-state index contributed by atoms with van der Waals surface area (Å²) in [5.74, 6) is 0.00943. The van der Waals surface area contributed by atoms with E-state index >= 15 is 0 Å². The van der Waals surface area contributed by atoms with E-state index in [2.05, 4.69) is 22.3 Å². The lowest BCUT2D eigenvalue weighted by Crippen LogP contribution is -2.59. The molecular weight excluding hydrogens is 408 g/mol. The quantitative estimate of drug-likeness (QED) is 0.766. The molecule has 3 amide bonds. The van der Waals surface area contributed by atoms with Gasteiger partial charge in [0.05, 0.1) is 13.5 Å².